The molecule has 3 heteroatoms. The Bertz CT molecular complexity index is 406. The minimum atomic E-state index is 0.129. The van der Waals surface area contributed by atoms with Gasteiger partial charge in [-0.25, -0.2) is 9.97 Å². The Labute approximate surface area is 96.5 Å². The fraction of sp³-hybridized carbons (Fsp3) is 0.692. The van der Waals surface area contributed by atoms with Gasteiger partial charge in [-0.15, -0.1) is 0 Å². The number of nitrogens with two attached hydrogens (primary N) is 1. The molecule has 0 amide bonds. The largest absolute Gasteiger partial charge is 0.329 e. The Kier molecular flexibility index (Phi) is 2.25. The molecule has 2 aliphatic carbocycles. The molecule has 86 valence electrons. The maximum Gasteiger partial charge on any atom is 0.136 e. The molecule has 1 heterocycles. The molecule has 0 spiro atoms. The van der Waals surface area contributed by atoms with E-state index in [0.29, 0.717) is 12.5 Å². The van der Waals surface area contributed by atoms with Crippen LogP contribution in [0.3, 0.4) is 0 Å². The second-order valence-electron chi connectivity index (χ2n) is 5.37. The predicted octanol–water partition coefficient (Wildman–Crippen LogP) is 2.04. The van der Waals surface area contributed by atoms with Gasteiger partial charge in [0.15, 0.2) is 0 Å². The molecule has 0 aliphatic heterocycles. The standard InChI is InChI=1S/C13H19N3/c1-9-7-11(10-3-2-4-10)16-12(15-9)13(8-14)5-6-13/h7,10H,2-6,8,14H2,1H3. The second-order valence-corrected chi connectivity index (χ2v) is 5.37. The van der Waals surface area contributed by atoms with Crippen LogP contribution in [0.2, 0.25) is 0 Å². The average molecular weight is 217 g/mol. The van der Waals surface area contributed by atoms with E-state index in [1.807, 2.05) is 0 Å². The van der Waals surface area contributed by atoms with E-state index in [-0.39, 0.29) is 5.41 Å². The first kappa shape index (κ1) is 10.2. The molecule has 3 rings (SSSR count). The van der Waals surface area contributed by atoms with E-state index in [1.54, 1.807) is 0 Å². The summed E-state index contributed by atoms with van der Waals surface area (Å²) in [5.41, 5.74) is 8.33. The highest BCUT2D eigenvalue weighted by molar-refractivity contribution is 5.24. The monoisotopic (exact) mass is 217 g/mol. The van der Waals surface area contributed by atoms with Crippen LogP contribution in [-0.2, 0) is 5.41 Å². The van der Waals surface area contributed by atoms with E-state index in [4.69, 9.17) is 10.7 Å². The van der Waals surface area contributed by atoms with Gasteiger partial charge in [0.05, 0.1) is 0 Å². The minimum absolute atomic E-state index is 0.129. The van der Waals surface area contributed by atoms with Gasteiger partial charge in [-0.2, -0.15) is 0 Å². The van der Waals surface area contributed by atoms with Crippen LogP contribution in [0.5, 0.6) is 0 Å². The lowest BCUT2D eigenvalue weighted by Gasteiger charge is -2.26. The van der Waals surface area contributed by atoms with Gasteiger partial charge in [0.2, 0.25) is 0 Å². The summed E-state index contributed by atoms with van der Waals surface area (Å²) in [7, 11) is 0. The van der Waals surface area contributed by atoms with Gasteiger partial charge >= 0.3 is 0 Å². The topological polar surface area (TPSA) is 51.8 Å². The van der Waals surface area contributed by atoms with E-state index in [0.717, 1.165) is 24.4 Å². The Morgan fingerprint density at radius 1 is 1.38 bits per heavy atom. The highest BCUT2D eigenvalue weighted by atomic mass is 14.9. The summed E-state index contributed by atoms with van der Waals surface area (Å²) in [4.78, 5) is 9.36. The number of hydrogen-bond donors (Lipinski definition) is 1. The van der Waals surface area contributed by atoms with Crippen molar-refractivity contribution in [3.05, 3.63) is 23.3 Å². The molecule has 2 saturated carbocycles. The smallest absolute Gasteiger partial charge is 0.136 e. The Hall–Kier alpha value is -0.960. The van der Waals surface area contributed by atoms with Crippen LogP contribution < -0.4 is 5.73 Å². The third-order valence-electron chi connectivity index (χ3n) is 4.12. The third-order valence-corrected chi connectivity index (χ3v) is 4.12. The molecule has 0 bridgehead atoms. The fourth-order valence-corrected chi connectivity index (χ4v) is 2.41. The van der Waals surface area contributed by atoms with E-state index in [9.17, 15) is 0 Å². The molecule has 0 unspecified atom stereocenters. The lowest BCUT2D eigenvalue weighted by atomic mass is 9.82. The van der Waals surface area contributed by atoms with E-state index in [2.05, 4.69) is 18.0 Å². The molecule has 1 aromatic heterocycles. The zero-order valence-electron chi connectivity index (χ0n) is 9.87. The van der Waals surface area contributed by atoms with E-state index in [1.165, 1.54) is 25.0 Å². The zero-order chi connectivity index (χ0) is 11.2. The summed E-state index contributed by atoms with van der Waals surface area (Å²) in [6, 6.07) is 2.15. The Morgan fingerprint density at radius 3 is 2.62 bits per heavy atom. The van der Waals surface area contributed by atoms with E-state index >= 15 is 0 Å². The summed E-state index contributed by atoms with van der Waals surface area (Å²) in [5, 5.41) is 0. The van der Waals surface area contributed by atoms with Crippen LogP contribution in [0.25, 0.3) is 0 Å². The van der Waals surface area contributed by atoms with Crippen molar-refractivity contribution >= 4 is 0 Å². The molecule has 3 nitrogen and oxygen atoms in total. The van der Waals surface area contributed by atoms with Gasteiger partial charge in [0.25, 0.3) is 0 Å². The molecular formula is C13H19N3. The summed E-state index contributed by atoms with van der Waals surface area (Å²) in [5.74, 6) is 1.70. The van der Waals surface area contributed by atoms with Crippen molar-refractivity contribution in [1.82, 2.24) is 9.97 Å². The quantitative estimate of drug-likeness (QED) is 0.843. The number of aromatic nitrogens is 2. The van der Waals surface area contributed by atoms with Crippen LogP contribution in [0, 0.1) is 6.92 Å². The van der Waals surface area contributed by atoms with Crippen LogP contribution in [0.4, 0.5) is 0 Å². The van der Waals surface area contributed by atoms with Crippen molar-refractivity contribution in [3.63, 3.8) is 0 Å². The van der Waals surface area contributed by atoms with E-state index < -0.39 is 0 Å². The molecule has 0 atom stereocenters. The maximum absolute atomic E-state index is 5.84. The SMILES string of the molecule is Cc1cc(C2CCC2)nc(C2(CN)CC2)n1. The molecule has 1 aromatic rings. The summed E-state index contributed by atoms with van der Waals surface area (Å²) >= 11 is 0. The van der Waals surface area contributed by atoms with Crippen molar-refractivity contribution in [2.75, 3.05) is 6.54 Å². The van der Waals surface area contributed by atoms with Crippen molar-refractivity contribution in [3.8, 4) is 0 Å². The lowest BCUT2D eigenvalue weighted by Crippen LogP contribution is -2.24. The average Bonchev–Trinajstić information content (AvgIpc) is 2.94. The molecule has 2 N–H and O–H groups in total. The number of rotatable bonds is 3. The highest BCUT2D eigenvalue weighted by Crippen LogP contribution is 2.46. The van der Waals surface area contributed by atoms with Crippen molar-refractivity contribution in [2.45, 2.75) is 50.4 Å². The molecule has 2 aliphatic rings. The number of aryl methyl sites for hydroxylation is 1. The Balaban J connectivity index is 1.96. The van der Waals surface area contributed by atoms with Crippen LogP contribution in [0.1, 0.15) is 55.2 Å². The fourth-order valence-electron chi connectivity index (χ4n) is 2.41. The summed E-state index contributed by atoms with van der Waals surface area (Å²) < 4.78 is 0. The highest BCUT2D eigenvalue weighted by Gasteiger charge is 2.46. The normalized spacial score (nSPS) is 22.9. The molecule has 2 fully saturated rings. The number of nitrogens with zero attached hydrogens (tertiary/aromatic N) is 2. The van der Waals surface area contributed by atoms with Crippen LogP contribution >= 0.6 is 0 Å². The summed E-state index contributed by atoms with van der Waals surface area (Å²) in [6.07, 6.45) is 6.27. The van der Waals surface area contributed by atoms with Gasteiger partial charge in [0, 0.05) is 29.3 Å². The third kappa shape index (κ3) is 1.54. The first-order chi connectivity index (χ1) is 7.73. The maximum atomic E-state index is 5.84. The van der Waals surface area contributed by atoms with Gasteiger partial charge in [-0.1, -0.05) is 6.42 Å². The molecule has 16 heavy (non-hydrogen) atoms. The first-order valence-corrected chi connectivity index (χ1v) is 6.30. The number of hydrogen-bond acceptors (Lipinski definition) is 3. The Morgan fingerprint density at radius 2 is 2.12 bits per heavy atom. The minimum Gasteiger partial charge on any atom is -0.329 e. The first-order valence-electron chi connectivity index (χ1n) is 6.30. The second kappa shape index (κ2) is 3.52. The van der Waals surface area contributed by atoms with Gasteiger partial charge in [-0.3, -0.25) is 0 Å². The van der Waals surface area contributed by atoms with Crippen LogP contribution in [-0.4, -0.2) is 16.5 Å². The predicted molar refractivity (Wildman–Crippen MR) is 63.3 cm³/mol. The zero-order valence-corrected chi connectivity index (χ0v) is 9.87. The molecule has 0 aromatic carbocycles. The van der Waals surface area contributed by atoms with Crippen molar-refractivity contribution in [2.24, 2.45) is 5.73 Å². The molecule has 0 radical (unpaired) electrons. The molecule has 0 saturated heterocycles. The summed E-state index contributed by atoms with van der Waals surface area (Å²) in [6.45, 7) is 2.76. The van der Waals surface area contributed by atoms with Crippen molar-refractivity contribution in [1.29, 1.82) is 0 Å². The van der Waals surface area contributed by atoms with Gasteiger partial charge in [0.1, 0.15) is 5.82 Å². The van der Waals surface area contributed by atoms with Crippen LogP contribution in [0.15, 0.2) is 6.07 Å². The lowest BCUT2D eigenvalue weighted by molar-refractivity contribution is 0.407. The van der Waals surface area contributed by atoms with Crippen molar-refractivity contribution < 1.29 is 0 Å². The van der Waals surface area contributed by atoms with Gasteiger partial charge < -0.3 is 5.73 Å². The van der Waals surface area contributed by atoms with Gasteiger partial charge in [-0.05, 0) is 38.7 Å². The molecular weight excluding hydrogens is 198 g/mol.